The summed E-state index contributed by atoms with van der Waals surface area (Å²) in [6.07, 6.45) is 3.32. The molecule has 0 unspecified atom stereocenters. The van der Waals surface area contributed by atoms with Crippen molar-refractivity contribution in [2.24, 2.45) is 4.74 Å². The molecule has 0 aliphatic carbocycles. The minimum absolute atomic E-state index is 0.185. The molecule has 5 nitrogen and oxygen atoms in total. The summed E-state index contributed by atoms with van der Waals surface area (Å²) in [7, 11) is -2.61. The van der Waals surface area contributed by atoms with Gasteiger partial charge < -0.3 is 5.32 Å². The van der Waals surface area contributed by atoms with Crippen LogP contribution in [0.2, 0.25) is 0 Å². The lowest BCUT2D eigenvalue weighted by molar-refractivity contribution is 0.0955. The number of amides is 1. The van der Waals surface area contributed by atoms with Gasteiger partial charge in [0.25, 0.3) is 5.91 Å². The van der Waals surface area contributed by atoms with Gasteiger partial charge in [-0.15, -0.1) is 11.3 Å². The molecular weight excluding hydrogens is 519 g/mol. The lowest BCUT2D eigenvalue weighted by Crippen LogP contribution is -2.25. The maximum Gasteiger partial charge on any atom is 0.264 e. The summed E-state index contributed by atoms with van der Waals surface area (Å²) >= 11 is 1.33. The van der Waals surface area contributed by atoms with Gasteiger partial charge in [-0.1, -0.05) is 121 Å². The molecule has 6 aromatic rings. The van der Waals surface area contributed by atoms with Gasteiger partial charge in [-0.2, -0.15) is 0 Å². The first-order valence-corrected chi connectivity index (χ1v) is 15.2. The zero-order valence-corrected chi connectivity index (χ0v) is 22.7. The lowest BCUT2D eigenvalue weighted by Gasteiger charge is -2.27. The van der Waals surface area contributed by atoms with Crippen molar-refractivity contribution in [1.29, 1.82) is 0 Å². The zero-order valence-electron chi connectivity index (χ0n) is 21.0. The van der Waals surface area contributed by atoms with Crippen molar-refractivity contribution in [3.8, 4) is 0 Å². The molecule has 1 N–H and O–H groups in total. The Hall–Kier alpha value is -4.38. The number of carbonyl (C=O) groups is 1. The van der Waals surface area contributed by atoms with Crippen LogP contribution in [0.25, 0.3) is 10.3 Å². The number of hydrogen-bond acceptors (Lipinski definition) is 5. The molecule has 0 fully saturated rings. The van der Waals surface area contributed by atoms with E-state index in [0.29, 0.717) is 27.5 Å². The number of nitrogens with zero attached hydrogens (tertiary/aromatic N) is 3. The van der Waals surface area contributed by atoms with E-state index < -0.39 is 7.05 Å². The number of hydrogen-bond donors (Lipinski definition) is 1. The Morgan fingerprint density at radius 2 is 1.18 bits per heavy atom. The van der Waals surface area contributed by atoms with E-state index in [1.807, 2.05) is 84.9 Å². The van der Waals surface area contributed by atoms with Gasteiger partial charge in [0.1, 0.15) is 20.9 Å². The molecule has 0 atom stereocenters. The van der Waals surface area contributed by atoms with Gasteiger partial charge in [-0.25, -0.2) is 14.7 Å². The van der Waals surface area contributed by atoms with Gasteiger partial charge >= 0.3 is 0 Å². The van der Waals surface area contributed by atoms with Crippen molar-refractivity contribution in [3.05, 3.63) is 144 Å². The molecule has 190 valence electrons. The van der Waals surface area contributed by atoms with Crippen molar-refractivity contribution in [3.63, 3.8) is 0 Å². The summed E-state index contributed by atoms with van der Waals surface area (Å²) in [5, 5.41) is 6.39. The van der Waals surface area contributed by atoms with Crippen molar-refractivity contribution in [1.82, 2.24) is 15.3 Å². The number of rotatable bonds is 7. The van der Waals surface area contributed by atoms with E-state index in [1.165, 1.54) is 11.3 Å². The van der Waals surface area contributed by atoms with Crippen LogP contribution in [0.15, 0.2) is 138 Å². The minimum atomic E-state index is -2.61. The molecule has 0 bridgehead atoms. The van der Waals surface area contributed by atoms with Crippen LogP contribution in [-0.2, 0) is 6.54 Å². The zero-order chi connectivity index (χ0) is 26.5. The Bertz CT molecular complexity index is 1670. The fourth-order valence-electron chi connectivity index (χ4n) is 4.62. The van der Waals surface area contributed by atoms with Crippen LogP contribution in [0, 0.1) is 0 Å². The predicted molar refractivity (Wildman–Crippen MR) is 162 cm³/mol. The topological polar surface area (TPSA) is 67.2 Å². The highest BCUT2D eigenvalue weighted by atomic mass is 32.1. The molecule has 0 saturated heterocycles. The third-order valence-electron chi connectivity index (χ3n) is 6.44. The Morgan fingerprint density at radius 3 is 1.72 bits per heavy atom. The quantitative estimate of drug-likeness (QED) is 0.236. The van der Waals surface area contributed by atoms with Gasteiger partial charge in [0.05, 0.1) is 7.05 Å². The van der Waals surface area contributed by atoms with Gasteiger partial charge in [0.2, 0.25) is 0 Å². The molecule has 0 aliphatic rings. The predicted octanol–water partition coefficient (Wildman–Crippen LogP) is 6.43. The van der Waals surface area contributed by atoms with E-state index in [2.05, 4.69) is 51.7 Å². The summed E-state index contributed by atoms with van der Waals surface area (Å²) in [6, 6.07) is 41.0. The van der Waals surface area contributed by atoms with Crippen LogP contribution in [0.5, 0.6) is 0 Å². The maximum absolute atomic E-state index is 13.7. The SMILES string of the molecule is O=C(NCc1ccccc1)c1sc2nccnc2c1N=P(c1ccccc1)(c1ccccc1)c1ccccc1. The van der Waals surface area contributed by atoms with Gasteiger partial charge in [-0.05, 0) is 5.56 Å². The molecule has 7 heteroatoms. The van der Waals surface area contributed by atoms with Crippen molar-refractivity contribution in [2.75, 3.05) is 0 Å². The average Bonchev–Trinajstić information content (AvgIpc) is 3.38. The van der Waals surface area contributed by atoms with Crippen LogP contribution in [0.4, 0.5) is 5.69 Å². The Balaban J connectivity index is 1.63. The summed E-state index contributed by atoms with van der Waals surface area (Å²) < 4.78 is 5.62. The van der Waals surface area contributed by atoms with Crippen LogP contribution in [0.1, 0.15) is 15.2 Å². The van der Waals surface area contributed by atoms with Crippen molar-refractivity contribution >= 4 is 56.2 Å². The molecule has 0 spiro atoms. The highest BCUT2D eigenvalue weighted by molar-refractivity contribution is 7.87. The summed E-state index contributed by atoms with van der Waals surface area (Å²) in [6.45, 7) is 0.421. The minimum Gasteiger partial charge on any atom is -0.347 e. The molecule has 2 aromatic heterocycles. The first-order valence-electron chi connectivity index (χ1n) is 12.6. The molecule has 2 heterocycles. The molecule has 4 aromatic carbocycles. The number of benzene rings is 4. The summed E-state index contributed by atoms with van der Waals surface area (Å²) in [4.78, 5) is 24.1. The molecule has 0 aliphatic heterocycles. The largest absolute Gasteiger partial charge is 0.347 e. The second kappa shape index (κ2) is 11.2. The van der Waals surface area contributed by atoms with Crippen molar-refractivity contribution < 1.29 is 4.79 Å². The Morgan fingerprint density at radius 1 is 0.692 bits per heavy atom. The molecule has 1 amide bonds. The normalized spacial score (nSPS) is 11.3. The Kier molecular flexibility index (Phi) is 7.13. The van der Waals surface area contributed by atoms with Crippen LogP contribution < -0.4 is 21.2 Å². The first-order chi connectivity index (χ1) is 19.3. The van der Waals surface area contributed by atoms with Gasteiger partial charge in [-0.3, -0.25) is 4.79 Å². The number of fused-ring (bicyclic) bond motifs is 1. The van der Waals surface area contributed by atoms with E-state index in [4.69, 9.17) is 4.74 Å². The molecule has 6 rings (SSSR count). The third kappa shape index (κ3) is 4.92. The number of thiophene rings is 1. The van der Waals surface area contributed by atoms with Crippen molar-refractivity contribution in [2.45, 2.75) is 6.54 Å². The van der Waals surface area contributed by atoms with E-state index in [0.717, 1.165) is 21.5 Å². The monoisotopic (exact) mass is 544 g/mol. The van der Waals surface area contributed by atoms with Gasteiger partial charge in [0.15, 0.2) is 0 Å². The maximum atomic E-state index is 13.7. The van der Waals surface area contributed by atoms with Gasteiger partial charge in [0, 0.05) is 34.9 Å². The van der Waals surface area contributed by atoms with Crippen LogP contribution >= 0.6 is 18.4 Å². The van der Waals surface area contributed by atoms with E-state index in [9.17, 15) is 4.79 Å². The standard InChI is InChI=1S/C32H25N4OPS/c37-31(35-23-24-13-5-1-6-14-24)30-28(29-32(39-30)34-22-21-33-29)36-38(25-15-7-2-8-16-25,26-17-9-3-10-18-26)27-19-11-4-12-20-27/h1-22H,23H2,(H,35,37). The highest BCUT2D eigenvalue weighted by Crippen LogP contribution is 2.52. The van der Waals surface area contributed by atoms with Crippen LogP contribution in [-0.4, -0.2) is 15.9 Å². The van der Waals surface area contributed by atoms with E-state index in [1.54, 1.807) is 12.4 Å². The molecular formula is C32H25N4OPS. The second-order valence-electron chi connectivity index (χ2n) is 8.90. The smallest absolute Gasteiger partial charge is 0.264 e. The fraction of sp³-hybridized carbons (Fsp3) is 0.0312. The number of nitrogens with one attached hydrogen (secondary N) is 1. The summed E-state index contributed by atoms with van der Waals surface area (Å²) in [5.41, 5.74) is 2.25. The van der Waals surface area contributed by atoms with E-state index >= 15 is 0 Å². The van der Waals surface area contributed by atoms with E-state index in [-0.39, 0.29) is 5.91 Å². The second-order valence-corrected chi connectivity index (χ2v) is 12.9. The number of aromatic nitrogens is 2. The highest BCUT2D eigenvalue weighted by Gasteiger charge is 2.30. The summed E-state index contributed by atoms with van der Waals surface area (Å²) in [5.74, 6) is -0.185. The lowest BCUT2D eigenvalue weighted by atomic mass is 10.2. The molecule has 0 radical (unpaired) electrons. The first kappa shape index (κ1) is 24.9. The fourth-order valence-corrected chi connectivity index (χ4v) is 9.19. The molecule has 0 saturated carbocycles. The van der Waals surface area contributed by atoms with Crippen LogP contribution in [0.3, 0.4) is 0 Å². The Labute approximate surface area is 231 Å². The third-order valence-corrected chi connectivity index (χ3v) is 11.2. The number of carbonyl (C=O) groups excluding carboxylic acids is 1. The average molecular weight is 545 g/mol. The molecule has 39 heavy (non-hydrogen) atoms.